The van der Waals surface area contributed by atoms with E-state index in [-0.39, 0.29) is 24.6 Å². The quantitative estimate of drug-likeness (QED) is 0.905. The molecule has 1 N–H and O–H groups in total. The number of rotatable bonds is 2. The Balaban J connectivity index is 2.24. The summed E-state index contributed by atoms with van der Waals surface area (Å²) in [4.78, 5) is 25.0. The lowest BCUT2D eigenvalue weighted by atomic mass is 10.0. The number of carboxylic acid groups (broad SMARTS) is 1. The molecule has 2 heterocycles. The molecule has 116 valence electrons. The van der Waals surface area contributed by atoms with Gasteiger partial charge in [0.15, 0.2) is 0 Å². The molecule has 0 saturated heterocycles. The van der Waals surface area contributed by atoms with Crippen molar-refractivity contribution in [3.05, 3.63) is 22.6 Å². The second-order valence-electron chi connectivity index (χ2n) is 6.54. The highest BCUT2D eigenvalue weighted by Gasteiger charge is 2.36. The Labute approximate surface area is 123 Å². The summed E-state index contributed by atoms with van der Waals surface area (Å²) in [5.41, 5.74) is 0.183. The summed E-state index contributed by atoms with van der Waals surface area (Å²) in [6, 6.07) is 0. The molecule has 21 heavy (non-hydrogen) atoms. The van der Waals surface area contributed by atoms with E-state index < -0.39 is 17.7 Å². The molecule has 0 radical (unpaired) electrons. The van der Waals surface area contributed by atoms with E-state index in [4.69, 9.17) is 9.15 Å². The molecule has 1 aliphatic heterocycles. The van der Waals surface area contributed by atoms with E-state index in [1.165, 1.54) is 4.90 Å². The number of carbonyl (C=O) groups excluding carboxylic acids is 1. The van der Waals surface area contributed by atoms with Gasteiger partial charge in [0.2, 0.25) is 0 Å². The average Bonchev–Trinajstić information content (AvgIpc) is 2.81. The molecular formula is C15H21NO5. The molecule has 2 rings (SSSR count). The first-order valence-electron chi connectivity index (χ1n) is 6.95. The summed E-state index contributed by atoms with van der Waals surface area (Å²) in [5.74, 6) is -0.0234. The smallest absolute Gasteiger partial charge is 0.411 e. The first kappa shape index (κ1) is 15.4. The van der Waals surface area contributed by atoms with Gasteiger partial charge in [0, 0.05) is 11.5 Å². The zero-order valence-electron chi connectivity index (χ0n) is 13.0. The fourth-order valence-corrected chi connectivity index (χ4v) is 2.35. The maximum atomic E-state index is 12.0. The molecule has 1 aliphatic rings. The van der Waals surface area contributed by atoms with Gasteiger partial charge in [-0.15, -0.1) is 0 Å². The van der Waals surface area contributed by atoms with Gasteiger partial charge in [0.1, 0.15) is 22.7 Å². The van der Waals surface area contributed by atoms with Crippen molar-refractivity contribution in [3.63, 3.8) is 0 Å². The first-order chi connectivity index (χ1) is 9.60. The second kappa shape index (κ2) is 5.09. The number of aromatic carboxylic acids is 1. The van der Waals surface area contributed by atoms with Crippen molar-refractivity contribution in [2.75, 3.05) is 0 Å². The van der Waals surface area contributed by atoms with E-state index in [1.807, 2.05) is 13.8 Å². The Bertz CT molecular complexity index is 580. The first-order valence-corrected chi connectivity index (χ1v) is 6.95. The van der Waals surface area contributed by atoms with Crippen LogP contribution in [-0.2, 0) is 17.8 Å². The molecular weight excluding hydrogens is 274 g/mol. The van der Waals surface area contributed by atoms with E-state index >= 15 is 0 Å². The fourth-order valence-electron chi connectivity index (χ4n) is 2.35. The summed E-state index contributed by atoms with van der Waals surface area (Å²) in [7, 11) is 0. The van der Waals surface area contributed by atoms with Gasteiger partial charge in [-0.2, -0.15) is 0 Å². The predicted molar refractivity (Wildman–Crippen MR) is 75.2 cm³/mol. The fraction of sp³-hybridized carbons (Fsp3) is 0.600. The minimum Gasteiger partial charge on any atom is -0.478 e. The summed E-state index contributed by atoms with van der Waals surface area (Å²) in [6.45, 7) is 9.59. The van der Waals surface area contributed by atoms with Crippen LogP contribution in [0.25, 0.3) is 0 Å². The zero-order chi connectivity index (χ0) is 15.9. The van der Waals surface area contributed by atoms with Crippen LogP contribution in [0.5, 0.6) is 0 Å². The molecule has 1 aromatic rings. The van der Waals surface area contributed by atoms with Crippen LogP contribution in [0.2, 0.25) is 0 Å². The number of furan rings is 1. The Kier molecular flexibility index (Phi) is 3.74. The van der Waals surface area contributed by atoms with Crippen molar-refractivity contribution in [2.45, 2.75) is 59.2 Å². The largest absolute Gasteiger partial charge is 0.478 e. The average molecular weight is 295 g/mol. The molecule has 0 saturated carbocycles. The van der Waals surface area contributed by atoms with Crippen LogP contribution in [0.15, 0.2) is 4.42 Å². The summed E-state index contributed by atoms with van der Waals surface area (Å²) in [5, 5.41) is 9.38. The maximum absolute atomic E-state index is 12.0. The van der Waals surface area contributed by atoms with Crippen LogP contribution in [0.1, 0.15) is 68.0 Å². The van der Waals surface area contributed by atoms with E-state index in [2.05, 4.69) is 0 Å². The summed E-state index contributed by atoms with van der Waals surface area (Å²) >= 11 is 0. The van der Waals surface area contributed by atoms with Crippen molar-refractivity contribution in [3.8, 4) is 0 Å². The van der Waals surface area contributed by atoms with Crippen LogP contribution in [-0.4, -0.2) is 27.7 Å². The van der Waals surface area contributed by atoms with E-state index in [9.17, 15) is 14.7 Å². The lowest BCUT2D eigenvalue weighted by Gasteiger charge is -2.24. The van der Waals surface area contributed by atoms with Gasteiger partial charge in [0.05, 0.1) is 13.1 Å². The van der Waals surface area contributed by atoms with Gasteiger partial charge in [-0.05, 0) is 20.8 Å². The van der Waals surface area contributed by atoms with Crippen molar-refractivity contribution >= 4 is 12.1 Å². The third-order valence-corrected chi connectivity index (χ3v) is 3.19. The van der Waals surface area contributed by atoms with Crippen LogP contribution in [0.4, 0.5) is 4.79 Å². The third kappa shape index (κ3) is 3.04. The standard InChI is InChI=1S/C15H21NO5/c1-8(2)12-11(13(17)18)9-6-16(7-10(9)20-12)14(19)21-15(3,4)5/h8H,6-7H2,1-5H3,(H,17,18). The van der Waals surface area contributed by atoms with Gasteiger partial charge >= 0.3 is 12.1 Å². The van der Waals surface area contributed by atoms with Crippen LogP contribution in [0, 0.1) is 0 Å². The van der Waals surface area contributed by atoms with Gasteiger partial charge in [0.25, 0.3) is 0 Å². The molecule has 0 aliphatic carbocycles. The molecule has 0 atom stereocenters. The Morgan fingerprint density at radius 3 is 2.38 bits per heavy atom. The number of carbonyl (C=O) groups is 2. The van der Waals surface area contributed by atoms with Crippen molar-refractivity contribution in [1.29, 1.82) is 0 Å². The normalized spacial score (nSPS) is 14.5. The molecule has 1 amide bonds. The molecule has 0 aromatic carbocycles. The van der Waals surface area contributed by atoms with E-state index in [1.54, 1.807) is 20.8 Å². The molecule has 0 bridgehead atoms. The molecule has 1 aromatic heterocycles. The second-order valence-corrected chi connectivity index (χ2v) is 6.54. The minimum absolute atomic E-state index is 0.0170. The number of fused-ring (bicyclic) bond motifs is 1. The number of ether oxygens (including phenoxy) is 1. The highest BCUT2D eigenvalue weighted by Crippen LogP contribution is 2.35. The number of hydrogen-bond donors (Lipinski definition) is 1. The zero-order valence-corrected chi connectivity index (χ0v) is 13.0. The Hall–Kier alpha value is -1.98. The molecule has 6 nitrogen and oxygen atoms in total. The highest BCUT2D eigenvalue weighted by molar-refractivity contribution is 5.91. The predicted octanol–water partition coefficient (Wildman–Crippen LogP) is 3.35. The summed E-state index contributed by atoms with van der Waals surface area (Å²) in [6.07, 6.45) is -0.462. The number of amides is 1. The van der Waals surface area contributed by atoms with E-state index in [0.717, 1.165) is 0 Å². The van der Waals surface area contributed by atoms with Crippen LogP contribution >= 0.6 is 0 Å². The van der Waals surface area contributed by atoms with Gasteiger partial charge in [-0.25, -0.2) is 9.59 Å². The minimum atomic E-state index is -1.02. The van der Waals surface area contributed by atoms with Gasteiger partial charge < -0.3 is 14.3 Å². The van der Waals surface area contributed by atoms with Crippen molar-refractivity contribution < 1.29 is 23.8 Å². The maximum Gasteiger partial charge on any atom is 0.411 e. The topological polar surface area (TPSA) is 80.0 Å². The number of nitrogens with zero attached hydrogens (tertiary/aromatic N) is 1. The molecule has 0 fully saturated rings. The summed E-state index contributed by atoms with van der Waals surface area (Å²) < 4.78 is 11.0. The highest BCUT2D eigenvalue weighted by atomic mass is 16.6. The Morgan fingerprint density at radius 1 is 1.29 bits per heavy atom. The van der Waals surface area contributed by atoms with Gasteiger partial charge in [-0.1, -0.05) is 13.8 Å². The lowest BCUT2D eigenvalue weighted by Crippen LogP contribution is -2.33. The monoisotopic (exact) mass is 295 g/mol. The lowest BCUT2D eigenvalue weighted by molar-refractivity contribution is 0.0231. The Morgan fingerprint density at radius 2 is 1.90 bits per heavy atom. The number of hydrogen-bond acceptors (Lipinski definition) is 4. The van der Waals surface area contributed by atoms with Crippen LogP contribution in [0.3, 0.4) is 0 Å². The third-order valence-electron chi connectivity index (χ3n) is 3.19. The number of carboxylic acids is 1. The van der Waals surface area contributed by atoms with Crippen molar-refractivity contribution in [1.82, 2.24) is 4.90 Å². The molecule has 0 unspecified atom stereocenters. The van der Waals surface area contributed by atoms with Crippen LogP contribution < -0.4 is 0 Å². The SMILES string of the molecule is CC(C)c1oc2c(c1C(=O)O)CN(C(=O)OC(C)(C)C)C2. The molecule has 6 heteroatoms. The van der Waals surface area contributed by atoms with Crippen molar-refractivity contribution in [2.24, 2.45) is 0 Å². The van der Waals surface area contributed by atoms with Gasteiger partial charge in [-0.3, -0.25) is 4.90 Å². The van der Waals surface area contributed by atoms with E-state index in [0.29, 0.717) is 17.1 Å². The molecule has 0 spiro atoms.